The number of aliphatic imine (C=N–C) groups is 1. The summed E-state index contributed by atoms with van der Waals surface area (Å²) >= 11 is 0. The zero-order chi connectivity index (χ0) is 25.6. The number of methoxy groups -OCH3 is 1. The summed E-state index contributed by atoms with van der Waals surface area (Å²) in [7, 11) is 1.48. The van der Waals surface area contributed by atoms with Crippen LogP contribution in [0, 0.1) is 11.3 Å². The van der Waals surface area contributed by atoms with E-state index >= 15 is 0 Å². The van der Waals surface area contributed by atoms with Crippen LogP contribution in [0.25, 0.3) is 10.9 Å². The number of nitrogens with one attached hydrogen (secondary N) is 2. The first kappa shape index (κ1) is 26.4. The lowest BCUT2D eigenvalue weighted by molar-refractivity contribution is -0.125. The van der Waals surface area contributed by atoms with Crippen molar-refractivity contribution in [1.29, 1.82) is 0 Å². The monoisotopic (exact) mass is 483 g/mol. The first-order valence-electron chi connectivity index (χ1n) is 12.0. The fourth-order valence-corrected chi connectivity index (χ4v) is 4.12. The lowest BCUT2D eigenvalue weighted by Crippen LogP contribution is -2.54. The van der Waals surface area contributed by atoms with Gasteiger partial charge < -0.3 is 20.1 Å². The average Bonchev–Trinajstić information content (AvgIpc) is 3.18. The maximum atomic E-state index is 13.4. The van der Waals surface area contributed by atoms with Gasteiger partial charge in [0.25, 0.3) is 5.91 Å². The van der Waals surface area contributed by atoms with Gasteiger partial charge in [0.1, 0.15) is 6.04 Å². The molecule has 190 valence electrons. The standard InChI is InChI=1S/C26H37N5O4/c1-17(2)28-21(34-6)15-27-25(33)23(26(3,4)5)29-24(32)22-19-9-7-8-10-20(19)31(30-22)16-18-11-13-35-14-12-18/h7-10,18,23H,1,11-16H2,2-6H3,(H,27,33)(H,29,32). The van der Waals surface area contributed by atoms with Crippen LogP contribution in [0.5, 0.6) is 0 Å². The number of carbonyl (C=O) groups excluding carboxylic acids is 2. The topological polar surface area (TPSA) is 107 Å². The fraction of sp³-hybridized carbons (Fsp3) is 0.538. The third kappa shape index (κ3) is 6.91. The number of fused-ring (bicyclic) bond motifs is 1. The van der Waals surface area contributed by atoms with Gasteiger partial charge >= 0.3 is 0 Å². The molecule has 1 saturated heterocycles. The highest BCUT2D eigenvalue weighted by Crippen LogP contribution is 2.24. The van der Waals surface area contributed by atoms with Crippen molar-refractivity contribution in [3.63, 3.8) is 0 Å². The van der Waals surface area contributed by atoms with Crippen molar-refractivity contribution in [3.8, 4) is 0 Å². The van der Waals surface area contributed by atoms with Gasteiger partial charge in [-0.2, -0.15) is 5.10 Å². The number of allylic oxidation sites excluding steroid dienone is 1. The summed E-state index contributed by atoms with van der Waals surface area (Å²) in [4.78, 5) is 30.7. The third-order valence-electron chi connectivity index (χ3n) is 6.01. The molecule has 0 spiro atoms. The molecule has 1 aromatic heterocycles. The average molecular weight is 484 g/mol. The van der Waals surface area contributed by atoms with Crippen molar-refractivity contribution < 1.29 is 19.1 Å². The van der Waals surface area contributed by atoms with E-state index in [2.05, 4.69) is 27.3 Å². The van der Waals surface area contributed by atoms with Crippen molar-refractivity contribution >= 4 is 28.6 Å². The van der Waals surface area contributed by atoms with Crippen LogP contribution in [0.2, 0.25) is 0 Å². The Hall–Kier alpha value is -3.20. The summed E-state index contributed by atoms with van der Waals surface area (Å²) in [6.45, 7) is 13.5. The van der Waals surface area contributed by atoms with Crippen LogP contribution >= 0.6 is 0 Å². The Morgan fingerprint density at radius 3 is 2.60 bits per heavy atom. The number of aromatic nitrogens is 2. The minimum absolute atomic E-state index is 0.0906. The molecule has 35 heavy (non-hydrogen) atoms. The van der Waals surface area contributed by atoms with E-state index in [-0.39, 0.29) is 18.4 Å². The molecule has 2 heterocycles. The number of para-hydroxylation sites is 1. The summed E-state index contributed by atoms with van der Waals surface area (Å²) in [5, 5.41) is 11.2. The molecule has 1 aromatic carbocycles. The SMILES string of the molecule is C=C(C)N=C(CNC(=O)C(NC(=O)c1nn(CC2CCOCC2)c2ccccc12)C(C)(C)C)OC. The van der Waals surface area contributed by atoms with Crippen LogP contribution in [0.3, 0.4) is 0 Å². The van der Waals surface area contributed by atoms with Gasteiger partial charge in [-0.1, -0.05) is 45.5 Å². The minimum Gasteiger partial charge on any atom is -0.483 e. The number of hydrogen-bond donors (Lipinski definition) is 2. The largest absolute Gasteiger partial charge is 0.483 e. The van der Waals surface area contributed by atoms with E-state index in [0.29, 0.717) is 23.2 Å². The maximum Gasteiger partial charge on any atom is 0.273 e. The molecule has 1 aliphatic heterocycles. The van der Waals surface area contributed by atoms with Gasteiger partial charge in [0, 0.05) is 30.8 Å². The number of hydrogen-bond acceptors (Lipinski definition) is 6. The summed E-state index contributed by atoms with van der Waals surface area (Å²) in [6, 6.07) is 6.90. The molecule has 1 unspecified atom stereocenters. The predicted octanol–water partition coefficient (Wildman–Crippen LogP) is 3.30. The molecule has 9 nitrogen and oxygen atoms in total. The number of rotatable bonds is 8. The quantitative estimate of drug-likeness (QED) is 0.443. The van der Waals surface area contributed by atoms with E-state index in [0.717, 1.165) is 43.5 Å². The van der Waals surface area contributed by atoms with Gasteiger partial charge in [-0.25, -0.2) is 4.99 Å². The normalized spacial score (nSPS) is 16.1. The highest BCUT2D eigenvalue weighted by atomic mass is 16.5. The fourth-order valence-electron chi connectivity index (χ4n) is 4.12. The number of benzene rings is 1. The molecular formula is C26H37N5O4. The zero-order valence-corrected chi connectivity index (χ0v) is 21.4. The van der Waals surface area contributed by atoms with Crippen LogP contribution in [-0.2, 0) is 20.8 Å². The van der Waals surface area contributed by atoms with E-state index in [1.54, 1.807) is 6.92 Å². The van der Waals surface area contributed by atoms with Gasteiger partial charge in [0.05, 0.1) is 19.2 Å². The highest BCUT2D eigenvalue weighted by molar-refractivity contribution is 6.06. The van der Waals surface area contributed by atoms with E-state index in [4.69, 9.17) is 9.47 Å². The van der Waals surface area contributed by atoms with Gasteiger partial charge in [0.2, 0.25) is 11.8 Å². The van der Waals surface area contributed by atoms with Gasteiger partial charge in [-0.3, -0.25) is 14.3 Å². The van der Waals surface area contributed by atoms with Gasteiger partial charge in [-0.15, -0.1) is 0 Å². The molecule has 1 fully saturated rings. The van der Waals surface area contributed by atoms with E-state index in [1.165, 1.54) is 7.11 Å². The smallest absolute Gasteiger partial charge is 0.273 e. The van der Waals surface area contributed by atoms with Crippen molar-refractivity contribution in [3.05, 3.63) is 42.2 Å². The molecule has 1 aliphatic rings. The van der Waals surface area contributed by atoms with Crippen LogP contribution in [-0.4, -0.2) is 60.4 Å². The summed E-state index contributed by atoms with van der Waals surface area (Å²) < 4.78 is 12.6. The van der Waals surface area contributed by atoms with Crippen LogP contribution in [0.15, 0.2) is 41.5 Å². The van der Waals surface area contributed by atoms with Crippen LogP contribution in [0.1, 0.15) is 51.0 Å². The Morgan fingerprint density at radius 2 is 1.97 bits per heavy atom. The number of carbonyl (C=O) groups is 2. The maximum absolute atomic E-state index is 13.4. The number of nitrogens with zero attached hydrogens (tertiary/aromatic N) is 3. The van der Waals surface area contributed by atoms with Crippen molar-refractivity contribution in [2.45, 2.75) is 53.1 Å². The Morgan fingerprint density at radius 1 is 1.29 bits per heavy atom. The predicted molar refractivity (Wildman–Crippen MR) is 136 cm³/mol. The Kier molecular flexibility index (Phi) is 8.67. The first-order valence-corrected chi connectivity index (χ1v) is 12.0. The van der Waals surface area contributed by atoms with Crippen molar-refractivity contribution in [2.75, 3.05) is 26.9 Å². The molecule has 3 rings (SSSR count). The van der Waals surface area contributed by atoms with Gasteiger partial charge in [0.15, 0.2) is 5.69 Å². The van der Waals surface area contributed by atoms with Crippen LogP contribution < -0.4 is 10.6 Å². The van der Waals surface area contributed by atoms with Crippen molar-refractivity contribution in [1.82, 2.24) is 20.4 Å². The van der Waals surface area contributed by atoms with Crippen molar-refractivity contribution in [2.24, 2.45) is 16.3 Å². The molecule has 2 aromatic rings. The molecular weight excluding hydrogens is 446 g/mol. The van der Waals surface area contributed by atoms with E-state index in [1.807, 2.05) is 49.7 Å². The lowest BCUT2D eigenvalue weighted by atomic mass is 9.86. The Labute approximate surface area is 207 Å². The number of amides is 2. The number of ether oxygens (including phenoxy) is 2. The van der Waals surface area contributed by atoms with E-state index < -0.39 is 11.5 Å². The molecule has 0 aliphatic carbocycles. The van der Waals surface area contributed by atoms with Crippen LogP contribution in [0.4, 0.5) is 0 Å². The molecule has 9 heteroatoms. The molecule has 0 saturated carbocycles. The molecule has 2 amide bonds. The lowest BCUT2D eigenvalue weighted by Gasteiger charge is -2.30. The second-order valence-corrected chi connectivity index (χ2v) is 10.0. The molecule has 0 radical (unpaired) electrons. The summed E-state index contributed by atoms with van der Waals surface area (Å²) in [5.41, 5.74) is 1.25. The van der Waals surface area contributed by atoms with E-state index in [9.17, 15) is 9.59 Å². The second kappa shape index (κ2) is 11.5. The summed E-state index contributed by atoms with van der Waals surface area (Å²) in [6.07, 6.45) is 1.94. The molecule has 0 bridgehead atoms. The second-order valence-electron chi connectivity index (χ2n) is 10.0. The molecule has 1 atom stereocenters. The minimum atomic E-state index is -0.794. The van der Waals surface area contributed by atoms with Gasteiger partial charge in [-0.05, 0) is 37.2 Å². The first-order chi connectivity index (χ1) is 16.6. The third-order valence-corrected chi connectivity index (χ3v) is 6.01. The Bertz CT molecular complexity index is 1090. The summed E-state index contributed by atoms with van der Waals surface area (Å²) in [5.74, 6) is 0.0717. The highest BCUT2D eigenvalue weighted by Gasteiger charge is 2.34. The zero-order valence-electron chi connectivity index (χ0n) is 21.4. The molecule has 2 N–H and O–H groups in total. The Balaban J connectivity index is 1.80.